The maximum atomic E-state index is 13.0. The molecule has 1 N–H and O–H groups in total. The van der Waals surface area contributed by atoms with Gasteiger partial charge in [-0.05, 0) is 36.5 Å². The van der Waals surface area contributed by atoms with E-state index in [1.807, 2.05) is 0 Å². The van der Waals surface area contributed by atoms with Crippen molar-refractivity contribution in [3.05, 3.63) is 29.8 Å². The number of rotatable bonds is 6. The summed E-state index contributed by atoms with van der Waals surface area (Å²) in [4.78, 5) is 37.8. The van der Waals surface area contributed by atoms with Crippen molar-refractivity contribution in [3.8, 4) is 0 Å². The zero-order valence-corrected chi connectivity index (χ0v) is 20.3. The second-order valence-corrected chi connectivity index (χ2v) is 10.9. The summed E-state index contributed by atoms with van der Waals surface area (Å²) in [6.07, 6.45) is 3.11. The summed E-state index contributed by atoms with van der Waals surface area (Å²) in [6, 6.07) is 5.68. The van der Waals surface area contributed by atoms with Gasteiger partial charge in [0.2, 0.25) is 15.9 Å². The minimum absolute atomic E-state index is 0.0253. The zero-order chi connectivity index (χ0) is 24.2. The molecule has 2 amide bonds. The number of hydrogen-bond donors (Lipinski definition) is 1. The molecule has 182 valence electrons. The van der Waals surface area contributed by atoms with Crippen molar-refractivity contribution in [2.24, 2.45) is 11.8 Å². The number of benzene rings is 1. The summed E-state index contributed by atoms with van der Waals surface area (Å²) < 4.78 is 32.4. The van der Waals surface area contributed by atoms with Crippen LogP contribution in [0.2, 0.25) is 0 Å². The molecule has 1 saturated carbocycles. The Hall–Kier alpha value is -2.46. The average Bonchev–Trinajstić information content (AvgIpc) is 2.80. The Morgan fingerprint density at radius 1 is 1.09 bits per heavy atom. The number of amides is 2. The molecular formula is C23H33N3O6S. The summed E-state index contributed by atoms with van der Waals surface area (Å²) in [5, 5.41) is 2.95. The Balaban J connectivity index is 1.58. The molecule has 1 aliphatic carbocycles. The predicted octanol–water partition coefficient (Wildman–Crippen LogP) is 1.64. The van der Waals surface area contributed by atoms with E-state index in [0.717, 1.165) is 19.3 Å². The Morgan fingerprint density at radius 2 is 1.79 bits per heavy atom. The zero-order valence-electron chi connectivity index (χ0n) is 19.5. The van der Waals surface area contributed by atoms with Crippen LogP contribution in [0.5, 0.6) is 0 Å². The van der Waals surface area contributed by atoms with Gasteiger partial charge < -0.3 is 15.0 Å². The Labute approximate surface area is 195 Å². The van der Waals surface area contributed by atoms with Crippen LogP contribution in [-0.4, -0.2) is 74.2 Å². The highest BCUT2D eigenvalue weighted by Crippen LogP contribution is 2.29. The molecule has 0 bridgehead atoms. The van der Waals surface area contributed by atoms with Crippen LogP contribution in [0.3, 0.4) is 0 Å². The van der Waals surface area contributed by atoms with Gasteiger partial charge in [0.1, 0.15) is 0 Å². The SMILES string of the molecule is CC(=O)N1CCN(S(=O)(=O)c2cccc(C(=O)OCC(=O)N[C@@H]3CCC[C@H](C)[C@H]3C)c2)CC1. The molecule has 33 heavy (non-hydrogen) atoms. The third-order valence-corrected chi connectivity index (χ3v) is 8.67. The molecule has 3 rings (SSSR count). The molecule has 2 aliphatic rings. The van der Waals surface area contributed by atoms with Crippen LogP contribution < -0.4 is 5.32 Å². The van der Waals surface area contributed by atoms with Gasteiger partial charge in [0, 0.05) is 39.1 Å². The first kappa shape index (κ1) is 25.2. The van der Waals surface area contributed by atoms with E-state index >= 15 is 0 Å². The maximum Gasteiger partial charge on any atom is 0.338 e. The lowest BCUT2D eigenvalue weighted by Gasteiger charge is -2.34. The number of carbonyl (C=O) groups excluding carboxylic acids is 3. The molecule has 0 radical (unpaired) electrons. The van der Waals surface area contributed by atoms with Gasteiger partial charge in [-0.15, -0.1) is 0 Å². The molecule has 1 aliphatic heterocycles. The molecule has 1 saturated heterocycles. The lowest BCUT2D eigenvalue weighted by molar-refractivity contribution is -0.130. The first-order chi connectivity index (χ1) is 15.6. The minimum atomic E-state index is -3.82. The highest BCUT2D eigenvalue weighted by atomic mass is 32.2. The standard InChI is InChI=1S/C23H33N3O6S/c1-16-6-4-9-21(17(16)2)24-22(28)15-32-23(29)19-7-5-8-20(14-19)33(30,31)26-12-10-25(11-13-26)18(3)27/h5,7-8,14,16-17,21H,4,6,9-13,15H2,1-3H3,(H,24,28)/t16-,17+,21+/m0/s1. The second-order valence-electron chi connectivity index (χ2n) is 8.96. The number of carbonyl (C=O) groups is 3. The smallest absolute Gasteiger partial charge is 0.338 e. The van der Waals surface area contributed by atoms with Gasteiger partial charge in [0.25, 0.3) is 5.91 Å². The number of ether oxygens (including phenoxy) is 1. The molecule has 2 fully saturated rings. The van der Waals surface area contributed by atoms with Crippen molar-refractivity contribution in [2.75, 3.05) is 32.8 Å². The van der Waals surface area contributed by atoms with Gasteiger partial charge >= 0.3 is 5.97 Å². The van der Waals surface area contributed by atoms with E-state index in [2.05, 4.69) is 19.2 Å². The van der Waals surface area contributed by atoms with Crippen LogP contribution in [0, 0.1) is 11.8 Å². The fraction of sp³-hybridized carbons (Fsp3) is 0.609. The minimum Gasteiger partial charge on any atom is -0.452 e. The average molecular weight is 480 g/mol. The summed E-state index contributed by atoms with van der Waals surface area (Å²) in [5.74, 6) is -0.317. The van der Waals surface area contributed by atoms with Gasteiger partial charge in [-0.25, -0.2) is 13.2 Å². The fourth-order valence-corrected chi connectivity index (χ4v) is 5.89. The van der Waals surface area contributed by atoms with Gasteiger partial charge in [-0.2, -0.15) is 4.31 Å². The first-order valence-corrected chi connectivity index (χ1v) is 12.9. The maximum absolute atomic E-state index is 13.0. The van der Waals surface area contributed by atoms with Crippen molar-refractivity contribution in [1.82, 2.24) is 14.5 Å². The molecule has 3 atom stereocenters. The van der Waals surface area contributed by atoms with Crippen LogP contribution in [0.4, 0.5) is 0 Å². The second kappa shape index (κ2) is 10.6. The lowest BCUT2D eigenvalue weighted by Crippen LogP contribution is -2.49. The van der Waals surface area contributed by atoms with Crippen molar-refractivity contribution in [1.29, 1.82) is 0 Å². The third-order valence-electron chi connectivity index (χ3n) is 6.78. The Bertz CT molecular complexity index is 988. The normalized spacial score (nSPS) is 24.2. The van der Waals surface area contributed by atoms with Crippen LogP contribution in [-0.2, 0) is 24.3 Å². The monoisotopic (exact) mass is 479 g/mol. The van der Waals surface area contributed by atoms with E-state index in [1.165, 1.54) is 35.5 Å². The van der Waals surface area contributed by atoms with Crippen molar-refractivity contribution in [3.63, 3.8) is 0 Å². The van der Waals surface area contributed by atoms with Crippen molar-refractivity contribution < 1.29 is 27.5 Å². The number of piperazine rings is 1. The fourth-order valence-electron chi connectivity index (χ4n) is 4.42. The Kier molecular flexibility index (Phi) is 8.12. The largest absolute Gasteiger partial charge is 0.452 e. The van der Waals surface area contributed by atoms with Crippen LogP contribution in [0.15, 0.2) is 29.2 Å². The third kappa shape index (κ3) is 6.11. The van der Waals surface area contributed by atoms with Crippen molar-refractivity contribution >= 4 is 27.8 Å². The number of nitrogens with one attached hydrogen (secondary N) is 1. The number of sulfonamides is 1. The molecule has 10 heteroatoms. The molecule has 0 spiro atoms. The van der Waals surface area contributed by atoms with E-state index in [-0.39, 0.29) is 41.4 Å². The van der Waals surface area contributed by atoms with Gasteiger partial charge in [-0.1, -0.05) is 32.8 Å². The van der Waals surface area contributed by atoms with Gasteiger partial charge in [-0.3, -0.25) is 9.59 Å². The van der Waals surface area contributed by atoms with Crippen molar-refractivity contribution in [2.45, 2.75) is 51.0 Å². The van der Waals surface area contributed by atoms with Gasteiger partial charge in [0.15, 0.2) is 6.61 Å². The van der Waals surface area contributed by atoms with Crippen LogP contribution >= 0.6 is 0 Å². The van der Waals surface area contributed by atoms with E-state index in [1.54, 1.807) is 4.90 Å². The highest BCUT2D eigenvalue weighted by molar-refractivity contribution is 7.89. The number of hydrogen-bond acceptors (Lipinski definition) is 6. The summed E-state index contributed by atoms with van der Waals surface area (Å²) in [7, 11) is -3.82. The summed E-state index contributed by atoms with van der Waals surface area (Å²) in [5.41, 5.74) is 0.0610. The highest BCUT2D eigenvalue weighted by Gasteiger charge is 2.30. The topological polar surface area (TPSA) is 113 Å². The molecule has 1 aromatic rings. The first-order valence-electron chi connectivity index (χ1n) is 11.4. The molecule has 0 unspecified atom stereocenters. The number of esters is 1. The lowest BCUT2D eigenvalue weighted by atomic mass is 9.78. The molecule has 1 heterocycles. The van der Waals surface area contributed by atoms with E-state index in [0.29, 0.717) is 24.9 Å². The van der Waals surface area contributed by atoms with Gasteiger partial charge in [0.05, 0.1) is 10.5 Å². The summed E-state index contributed by atoms with van der Waals surface area (Å²) in [6.45, 7) is 6.35. The van der Waals surface area contributed by atoms with Crippen LogP contribution in [0.25, 0.3) is 0 Å². The summed E-state index contributed by atoms with van der Waals surface area (Å²) >= 11 is 0. The molecular weight excluding hydrogens is 446 g/mol. The molecule has 0 aromatic heterocycles. The molecule has 1 aromatic carbocycles. The molecule has 9 nitrogen and oxygen atoms in total. The quantitative estimate of drug-likeness (QED) is 0.621. The van der Waals surface area contributed by atoms with E-state index in [9.17, 15) is 22.8 Å². The van der Waals surface area contributed by atoms with E-state index in [4.69, 9.17) is 4.74 Å². The predicted molar refractivity (Wildman–Crippen MR) is 122 cm³/mol. The number of nitrogens with zero attached hydrogens (tertiary/aromatic N) is 2. The Morgan fingerprint density at radius 3 is 2.45 bits per heavy atom. The van der Waals surface area contributed by atoms with Crippen LogP contribution in [0.1, 0.15) is 50.4 Å². The van der Waals surface area contributed by atoms with E-state index < -0.39 is 22.6 Å².